The SMILES string of the molecule is CN1CCN(c2ccc(Nc3nc(-c4cccc(-c5ccsc5)c4)cs3)cc2)CC1. The molecule has 0 unspecified atom stereocenters. The first-order valence-electron chi connectivity index (χ1n) is 10.1. The summed E-state index contributed by atoms with van der Waals surface area (Å²) >= 11 is 3.36. The number of thiazole rings is 1. The number of benzene rings is 2. The van der Waals surface area contributed by atoms with Gasteiger partial charge >= 0.3 is 0 Å². The van der Waals surface area contributed by atoms with Crippen LogP contribution in [-0.2, 0) is 0 Å². The van der Waals surface area contributed by atoms with Gasteiger partial charge in [0.15, 0.2) is 5.13 Å². The van der Waals surface area contributed by atoms with Crippen LogP contribution in [0.4, 0.5) is 16.5 Å². The molecule has 0 aliphatic carbocycles. The van der Waals surface area contributed by atoms with E-state index in [4.69, 9.17) is 4.98 Å². The highest BCUT2D eigenvalue weighted by Gasteiger charge is 2.14. The van der Waals surface area contributed by atoms with Crippen molar-refractivity contribution in [3.05, 3.63) is 70.7 Å². The van der Waals surface area contributed by atoms with E-state index in [0.29, 0.717) is 0 Å². The van der Waals surface area contributed by atoms with Crippen molar-refractivity contribution in [2.24, 2.45) is 0 Å². The minimum Gasteiger partial charge on any atom is -0.369 e. The van der Waals surface area contributed by atoms with Crippen molar-refractivity contribution in [3.8, 4) is 22.4 Å². The largest absolute Gasteiger partial charge is 0.369 e. The molecular weight excluding hydrogens is 408 g/mol. The summed E-state index contributed by atoms with van der Waals surface area (Å²) in [6, 6.07) is 19.4. The summed E-state index contributed by atoms with van der Waals surface area (Å²) in [5.74, 6) is 0. The number of thiophene rings is 1. The maximum absolute atomic E-state index is 4.81. The van der Waals surface area contributed by atoms with Crippen LogP contribution in [-0.4, -0.2) is 43.1 Å². The molecule has 5 rings (SSSR count). The number of piperazine rings is 1. The lowest BCUT2D eigenvalue weighted by molar-refractivity contribution is 0.313. The van der Waals surface area contributed by atoms with Crippen LogP contribution in [0.5, 0.6) is 0 Å². The van der Waals surface area contributed by atoms with Crippen molar-refractivity contribution in [3.63, 3.8) is 0 Å². The third kappa shape index (κ3) is 4.26. The van der Waals surface area contributed by atoms with E-state index in [0.717, 1.165) is 48.3 Å². The molecule has 0 radical (unpaired) electrons. The molecule has 1 fully saturated rings. The number of nitrogens with zero attached hydrogens (tertiary/aromatic N) is 3. The predicted octanol–water partition coefficient (Wildman–Crippen LogP) is 6.03. The van der Waals surface area contributed by atoms with Gasteiger partial charge in [0.05, 0.1) is 5.69 Å². The molecule has 1 N–H and O–H groups in total. The Labute approximate surface area is 185 Å². The van der Waals surface area contributed by atoms with Crippen molar-refractivity contribution in [1.82, 2.24) is 9.88 Å². The summed E-state index contributed by atoms with van der Waals surface area (Å²) in [4.78, 5) is 9.64. The van der Waals surface area contributed by atoms with Gasteiger partial charge in [0, 0.05) is 48.5 Å². The van der Waals surface area contributed by atoms with Gasteiger partial charge in [0.25, 0.3) is 0 Å². The van der Waals surface area contributed by atoms with E-state index in [1.54, 1.807) is 22.7 Å². The van der Waals surface area contributed by atoms with Gasteiger partial charge in [0.1, 0.15) is 0 Å². The van der Waals surface area contributed by atoms with E-state index in [1.165, 1.54) is 16.8 Å². The van der Waals surface area contributed by atoms with E-state index in [9.17, 15) is 0 Å². The second kappa shape index (κ2) is 8.60. The van der Waals surface area contributed by atoms with Crippen LogP contribution < -0.4 is 10.2 Å². The highest BCUT2D eigenvalue weighted by Crippen LogP contribution is 2.31. The Bertz CT molecular complexity index is 1090. The lowest BCUT2D eigenvalue weighted by Crippen LogP contribution is -2.44. The van der Waals surface area contributed by atoms with Gasteiger partial charge in [0.2, 0.25) is 0 Å². The zero-order valence-electron chi connectivity index (χ0n) is 16.9. The van der Waals surface area contributed by atoms with Crippen LogP contribution in [0.2, 0.25) is 0 Å². The maximum atomic E-state index is 4.81. The molecule has 4 aromatic rings. The van der Waals surface area contributed by atoms with Crippen molar-refractivity contribution < 1.29 is 0 Å². The summed E-state index contributed by atoms with van der Waals surface area (Å²) < 4.78 is 0. The minimum atomic E-state index is 0.915. The van der Waals surface area contributed by atoms with Crippen LogP contribution in [0, 0.1) is 0 Å². The summed E-state index contributed by atoms with van der Waals surface area (Å²) in [7, 11) is 2.19. The zero-order chi connectivity index (χ0) is 20.3. The number of likely N-dealkylation sites (N-methyl/N-ethyl adjacent to an activating group) is 1. The topological polar surface area (TPSA) is 31.4 Å². The van der Waals surface area contributed by atoms with Crippen molar-refractivity contribution in [2.45, 2.75) is 0 Å². The van der Waals surface area contributed by atoms with Crippen LogP contribution in [0.25, 0.3) is 22.4 Å². The van der Waals surface area contributed by atoms with Gasteiger partial charge in [-0.15, -0.1) is 11.3 Å². The quantitative estimate of drug-likeness (QED) is 0.417. The number of hydrogen-bond acceptors (Lipinski definition) is 6. The molecule has 2 aromatic heterocycles. The van der Waals surface area contributed by atoms with Crippen molar-refractivity contribution in [2.75, 3.05) is 43.4 Å². The second-order valence-corrected chi connectivity index (χ2v) is 9.23. The Morgan fingerprint density at radius 3 is 2.43 bits per heavy atom. The highest BCUT2D eigenvalue weighted by molar-refractivity contribution is 7.14. The lowest BCUT2D eigenvalue weighted by Gasteiger charge is -2.34. The molecule has 1 saturated heterocycles. The van der Waals surface area contributed by atoms with Crippen molar-refractivity contribution >= 4 is 39.2 Å². The monoisotopic (exact) mass is 432 g/mol. The maximum Gasteiger partial charge on any atom is 0.187 e. The van der Waals surface area contributed by atoms with Crippen LogP contribution in [0.15, 0.2) is 70.7 Å². The Morgan fingerprint density at radius 1 is 0.867 bits per heavy atom. The molecule has 152 valence electrons. The van der Waals surface area contributed by atoms with Gasteiger partial charge in [-0.1, -0.05) is 18.2 Å². The summed E-state index contributed by atoms with van der Waals surface area (Å²) in [5.41, 5.74) is 7.01. The third-order valence-corrected chi connectivity index (χ3v) is 6.94. The molecule has 1 aliphatic heterocycles. The molecule has 30 heavy (non-hydrogen) atoms. The van der Waals surface area contributed by atoms with E-state index in [-0.39, 0.29) is 0 Å². The van der Waals surface area contributed by atoms with Crippen LogP contribution in [0.1, 0.15) is 0 Å². The Balaban J connectivity index is 1.28. The smallest absolute Gasteiger partial charge is 0.187 e. The Morgan fingerprint density at radius 2 is 1.67 bits per heavy atom. The normalized spacial score (nSPS) is 14.8. The molecule has 0 saturated carbocycles. The number of nitrogens with one attached hydrogen (secondary N) is 1. The van der Waals surface area contributed by atoms with Gasteiger partial charge in [-0.05, 0) is 65.3 Å². The molecule has 1 aliphatic rings. The predicted molar refractivity (Wildman–Crippen MR) is 130 cm³/mol. The molecule has 6 heteroatoms. The molecule has 0 atom stereocenters. The average Bonchev–Trinajstić information content (AvgIpc) is 3.48. The van der Waals surface area contributed by atoms with E-state index in [1.807, 2.05) is 0 Å². The van der Waals surface area contributed by atoms with Gasteiger partial charge in [-0.2, -0.15) is 11.3 Å². The first-order valence-corrected chi connectivity index (χ1v) is 12.0. The number of anilines is 3. The van der Waals surface area contributed by atoms with Crippen molar-refractivity contribution in [1.29, 1.82) is 0 Å². The lowest BCUT2D eigenvalue weighted by atomic mass is 10.0. The average molecular weight is 433 g/mol. The van der Waals surface area contributed by atoms with Gasteiger partial charge in [-0.25, -0.2) is 4.98 Å². The van der Waals surface area contributed by atoms with Gasteiger partial charge < -0.3 is 15.1 Å². The zero-order valence-corrected chi connectivity index (χ0v) is 18.5. The Kier molecular flexibility index (Phi) is 5.53. The number of hydrogen-bond donors (Lipinski definition) is 1. The summed E-state index contributed by atoms with van der Waals surface area (Å²) in [5, 5.41) is 10.8. The molecule has 0 bridgehead atoms. The summed E-state index contributed by atoms with van der Waals surface area (Å²) in [6.07, 6.45) is 0. The number of aromatic nitrogens is 1. The fourth-order valence-corrected chi connectivity index (χ4v) is 5.10. The third-order valence-electron chi connectivity index (χ3n) is 5.50. The highest BCUT2D eigenvalue weighted by atomic mass is 32.1. The van der Waals surface area contributed by atoms with E-state index in [2.05, 4.69) is 92.9 Å². The minimum absolute atomic E-state index is 0.915. The second-order valence-electron chi connectivity index (χ2n) is 7.59. The molecule has 4 nitrogen and oxygen atoms in total. The number of rotatable bonds is 5. The first-order chi connectivity index (χ1) is 14.7. The fourth-order valence-electron chi connectivity index (χ4n) is 3.69. The first kappa shape index (κ1) is 19.3. The molecule has 2 aromatic carbocycles. The standard InChI is InChI=1S/C24H24N4S2/c1-27-10-12-28(13-11-27)22-7-5-21(6-8-22)25-24-26-23(17-30-24)19-4-2-3-18(15-19)20-9-14-29-16-20/h2-9,14-17H,10-13H2,1H3,(H,25,26). The molecule has 3 heterocycles. The fraction of sp³-hybridized carbons (Fsp3) is 0.208. The van der Waals surface area contributed by atoms with E-state index < -0.39 is 0 Å². The van der Waals surface area contributed by atoms with Gasteiger partial charge in [-0.3, -0.25) is 0 Å². The molecule has 0 spiro atoms. The summed E-state index contributed by atoms with van der Waals surface area (Å²) in [6.45, 7) is 4.41. The molecular formula is C24H24N4S2. The van der Waals surface area contributed by atoms with Crippen LogP contribution >= 0.6 is 22.7 Å². The van der Waals surface area contributed by atoms with Crippen LogP contribution in [0.3, 0.4) is 0 Å². The van der Waals surface area contributed by atoms with E-state index >= 15 is 0 Å². The Hall–Kier alpha value is -2.67. The molecule has 0 amide bonds.